The van der Waals surface area contributed by atoms with Crippen LogP contribution in [0, 0.1) is 5.92 Å². The van der Waals surface area contributed by atoms with Gasteiger partial charge in [-0.2, -0.15) is 0 Å². The van der Waals surface area contributed by atoms with E-state index in [0.29, 0.717) is 0 Å². The lowest BCUT2D eigenvalue weighted by molar-refractivity contribution is 0.185. The van der Waals surface area contributed by atoms with Crippen LogP contribution >= 0.6 is 0 Å². The molecule has 0 amide bonds. The first-order valence-electron chi connectivity index (χ1n) is 5.76. The summed E-state index contributed by atoms with van der Waals surface area (Å²) in [5, 5.41) is 12.3. The predicted molar refractivity (Wildman–Crippen MR) is 59.4 cm³/mol. The highest BCUT2D eigenvalue weighted by molar-refractivity contribution is 4.70. The van der Waals surface area contributed by atoms with Gasteiger partial charge in [0.05, 0.1) is 6.10 Å². The molecular weight excluding hydrogens is 176 g/mol. The van der Waals surface area contributed by atoms with Crippen LogP contribution in [0.15, 0.2) is 0 Å². The Hall–Kier alpha value is -0.120. The minimum absolute atomic E-state index is 0.215. The van der Waals surface area contributed by atoms with Gasteiger partial charge in [-0.05, 0) is 58.8 Å². The second-order valence-corrected chi connectivity index (χ2v) is 4.59. The van der Waals surface area contributed by atoms with Crippen LogP contribution in [0.2, 0.25) is 0 Å². The molecule has 2 N–H and O–H groups in total. The molecule has 1 rings (SSSR count). The van der Waals surface area contributed by atoms with Gasteiger partial charge in [0.2, 0.25) is 0 Å². The number of hydrogen-bond donors (Lipinski definition) is 2. The van der Waals surface area contributed by atoms with Gasteiger partial charge in [-0.1, -0.05) is 0 Å². The van der Waals surface area contributed by atoms with E-state index >= 15 is 0 Å². The molecule has 1 aliphatic heterocycles. The molecule has 1 aliphatic rings. The molecule has 0 bridgehead atoms. The van der Waals surface area contributed by atoms with Gasteiger partial charge in [-0.3, -0.25) is 0 Å². The summed E-state index contributed by atoms with van der Waals surface area (Å²) in [7, 11) is 2.20. The second kappa shape index (κ2) is 6.38. The van der Waals surface area contributed by atoms with E-state index in [2.05, 4.69) is 17.3 Å². The zero-order valence-corrected chi connectivity index (χ0v) is 9.50. The summed E-state index contributed by atoms with van der Waals surface area (Å²) >= 11 is 0. The van der Waals surface area contributed by atoms with Crippen molar-refractivity contribution in [3.63, 3.8) is 0 Å². The zero-order chi connectivity index (χ0) is 10.4. The van der Waals surface area contributed by atoms with Gasteiger partial charge in [0.15, 0.2) is 0 Å². The van der Waals surface area contributed by atoms with Crippen LogP contribution in [0.5, 0.6) is 0 Å². The van der Waals surface area contributed by atoms with Gasteiger partial charge < -0.3 is 15.3 Å². The first-order valence-corrected chi connectivity index (χ1v) is 5.76. The standard InChI is InChI=1S/C11H24N2O/c1-10(14)9-12-6-3-11-4-7-13(2)8-5-11/h10-12,14H,3-9H2,1-2H3/t10-/m1/s1. The molecule has 14 heavy (non-hydrogen) atoms. The number of nitrogens with zero attached hydrogens (tertiary/aromatic N) is 1. The smallest absolute Gasteiger partial charge is 0.0636 e. The van der Waals surface area contributed by atoms with Crippen molar-refractivity contribution in [2.45, 2.75) is 32.3 Å². The lowest BCUT2D eigenvalue weighted by Gasteiger charge is -2.28. The monoisotopic (exact) mass is 200 g/mol. The van der Waals surface area contributed by atoms with Crippen LogP contribution in [-0.4, -0.2) is 49.3 Å². The molecule has 84 valence electrons. The SMILES string of the molecule is C[C@@H](O)CNCCC1CCN(C)CC1. The Bertz CT molecular complexity index is 142. The van der Waals surface area contributed by atoms with Gasteiger partial charge in [-0.15, -0.1) is 0 Å². The molecule has 0 spiro atoms. The minimum Gasteiger partial charge on any atom is -0.392 e. The Balaban J connectivity index is 1.96. The van der Waals surface area contributed by atoms with Gasteiger partial charge in [0, 0.05) is 6.54 Å². The topological polar surface area (TPSA) is 35.5 Å². The molecule has 0 radical (unpaired) electrons. The molecule has 0 aromatic carbocycles. The van der Waals surface area contributed by atoms with E-state index in [1.54, 1.807) is 0 Å². The Morgan fingerprint density at radius 2 is 2.07 bits per heavy atom. The van der Waals surface area contributed by atoms with E-state index in [1.165, 1.54) is 32.4 Å². The molecule has 0 aliphatic carbocycles. The molecule has 0 aromatic rings. The highest BCUT2D eigenvalue weighted by Crippen LogP contribution is 2.18. The lowest BCUT2D eigenvalue weighted by Crippen LogP contribution is -2.32. The molecule has 0 unspecified atom stereocenters. The maximum absolute atomic E-state index is 9.05. The molecule has 0 saturated carbocycles. The predicted octanol–water partition coefficient (Wildman–Crippen LogP) is 0.689. The van der Waals surface area contributed by atoms with Crippen molar-refractivity contribution in [3.05, 3.63) is 0 Å². The van der Waals surface area contributed by atoms with Crippen LogP contribution in [0.3, 0.4) is 0 Å². The highest BCUT2D eigenvalue weighted by atomic mass is 16.3. The molecule has 3 nitrogen and oxygen atoms in total. The molecule has 1 heterocycles. The van der Waals surface area contributed by atoms with Crippen LogP contribution in [0.4, 0.5) is 0 Å². The second-order valence-electron chi connectivity index (χ2n) is 4.59. The Morgan fingerprint density at radius 3 is 2.64 bits per heavy atom. The number of nitrogens with one attached hydrogen (secondary N) is 1. The largest absolute Gasteiger partial charge is 0.392 e. The molecule has 0 aromatic heterocycles. The van der Waals surface area contributed by atoms with E-state index in [-0.39, 0.29) is 6.10 Å². The third kappa shape index (κ3) is 4.94. The molecule has 1 atom stereocenters. The lowest BCUT2D eigenvalue weighted by atomic mass is 9.94. The fraction of sp³-hybridized carbons (Fsp3) is 1.00. The number of aliphatic hydroxyl groups is 1. The quantitative estimate of drug-likeness (QED) is 0.641. The molecule has 3 heteroatoms. The van der Waals surface area contributed by atoms with Crippen molar-refractivity contribution < 1.29 is 5.11 Å². The van der Waals surface area contributed by atoms with Gasteiger partial charge in [0.1, 0.15) is 0 Å². The number of rotatable bonds is 5. The molecule has 1 saturated heterocycles. The van der Waals surface area contributed by atoms with Crippen LogP contribution < -0.4 is 5.32 Å². The van der Waals surface area contributed by atoms with E-state index < -0.39 is 0 Å². The number of piperidine rings is 1. The van der Waals surface area contributed by atoms with Crippen molar-refractivity contribution in [1.82, 2.24) is 10.2 Å². The Kier molecular flexibility index (Phi) is 5.45. The Labute approximate surface area is 87.5 Å². The van der Waals surface area contributed by atoms with E-state index in [1.807, 2.05) is 6.92 Å². The summed E-state index contributed by atoms with van der Waals surface area (Å²) in [6, 6.07) is 0. The minimum atomic E-state index is -0.215. The average molecular weight is 200 g/mol. The summed E-state index contributed by atoms with van der Waals surface area (Å²) in [6.07, 6.45) is 3.73. The van der Waals surface area contributed by atoms with Crippen LogP contribution in [-0.2, 0) is 0 Å². The zero-order valence-electron chi connectivity index (χ0n) is 9.50. The average Bonchev–Trinajstić information content (AvgIpc) is 2.15. The molecule has 1 fully saturated rings. The van der Waals surface area contributed by atoms with Crippen molar-refractivity contribution in [3.8, 4) is 0 Å². The fourth-order valence-electron chi connectivity index (χ4n) is 1.97. The van der Waals surface area contributed by atoms with Crippen LogP contribution in [0.25, 0.3) is 0 Å². The highest BCUT2D eigenvalue weighted by Gasteiger charge is 2.15. The van der Waals surface area contributed by atoms with Crippen LogP contribution in [0.1, 0.15) is 26.2 Å². The number of hydrogen-bond acceptors (Lipinski definition) is 3. The van der Waals surface area contributed by atoms with Gasteiger partial charge >= 0.3 is 0 Å². The fourth-order valence-corrected chi connectivity index (χ4v) is 1.97. The van der Waals surface area contributed by atoms with Crippen molar-refractivity contribution >= 4 is 0 Å². The van der Waals surface area contributed by atoms with Crippen molar-refractivity contribution in [2.75, 3.05) is 33.2 Å². The number of likely N-dealkylation sites (tertiary alicyclic amines) is 1. The van der Waals surface area contributed by atoms with Gasteiger partial charge in [-0.25, -0.2) is 0 Å². The summed E-state index contributed by atoms with van der Waals surface area (Å²) in [5.74, 6) is 0.896. The van der Waals surface area contributed by atoms with Crippen molar-refractivity contribution in [1.29, 1.82) is 0 Å². The molecular formula is C11H24N2O. The van der Waals surface area contributed by atoms with E-state index in [9.17, 15) is 0 Å². The first-order chi connectivity index (χ1) is 6.68. The third-order valence-corrected chi connectivity index (χ3v) is 3.01. The summed E-state index contributed by atoms with van der Waals surface area (Å²) < 4.78 is 0. The maximum atomic E-state index is 9.05. The third-order valence-electron chi connectivity index (χ3n) is 3.01. The van der Waals surface area contributed by atoms with E-state index in [0.717, 1.165) is 19.0 Å². The van der Waals surface area contributed by atoms with Gasteiger partial charge in [0.25, 0.3) is 0 Å². The number of aliphatic hydroxyl groups excluding tert-OH is 1. The maximum Gasteiger partial charge on any atom is 0.0636 e. The normalized spacial score (nSPS) is 22.5. The Morgan fingerprint density at radius 1 is 1.43 bits per heavy atom. The summed E-state index contributed by atoms with van der Waals surface area (Å²) in [4.78, 5) is 2.40. The van der Waals surface area contributed by atoms with Crippen molar-refractivity contribution in [2.24, 2.45) is 5.92 Å². The summed E-state index contributed by atoms with van der Waals surface area (Å²) in [5.41, 5.74) is 0. The summed E-state index contributed by atoms with van der Waals surface area (Å²) in [6.45, 7) is 6.11. The van der Waals surface area contributed by atoms with E-state index in [4.69, 9.17) is 5.11 Å². The first kappa shape index (κ1) is 12.0.